The molecule has 3 N–H and O–H groups in total. The zero-order valence-electron chi connectivity index (χ0n) is 14.1. The van der Waals surface area contributed by atoms with Crippen molar-refractivity contribution in [1.29, 1.82) is 0 Å². The quantitative estimate of drug-likeness (QED) is 0.601. The van der Waals surface area contributed by atoms with Crippen molar-refractivity contribution in [2.24, 2.45) is 0 Å². The first-order valence-corrected chi connectivity index (χ1v) is 8.54. The van der Waals surface area contributed by atoms with Crippen LogP contribution in [0.5, 0.6) is 5.75 Å². The Balaban J connectivity index is 2.08. The van der Waals surface area contributed by atoms with Gasteiger partial charge < -0.3 is 15.2 Å². The molecule has 0 bridgehead atoms. The first kappa shape index (κ1) is 17.4. The van der Waals surface area contributed by atoms with E-state index in [1.54, 1.807) is 6.07 Å². The average molecular weight is 358 g/mol. The van der Waals surface area contributed by atoms with Gasteiger partial charge >= 0.3 is 5.97 Å². The number of aromatic nitrogens is 1. The molecule has 0 aliphatic carbocycles. The van der Waals surface area contributed by atoms with Gasteiger partial charge in [-0.2, -0.15) is 0 Å². The molecule has 0 aliphatic rings. The lowest BCUT2D eigenvalue weighted by atomic mass is 9.95. The maximum atomic E-state index is 11.0. The van der Waals surface area contributed by atoms with Crippen molar-refractivity contribution < 1.29 is 15.0 Å². The van der Waals surface area contributed by atoms with Gasteiger partial charge in [-0.15, -0.1) is 0 Å². The van der Waals surface area contributed by atoms with Gasteiger partial charge in [0.2, 0.25) is 0 Å². The van der Waals surface area contributed by atoms with Crippen LogP contribution in [0.3, 0.4) is 0 Å². The third kappa shape index (κ3) is 3.49. The second-order valence-corrected chi connectivity index (χ2v) is 6.89. The lowest BCUT2D eigenvalue weighted by Gasteiger charge is -2.10. The van der Waals surface area contributed by atoms with Gasteiger partial charge in [0, 0.05) is 39.5 Å². The smallest absolute Gasteiger partial charge is 0.304 e. The molecule has 0 radical (unpaired) electrons. The number of rotatable bonds is 5. The van der Waals surface area contributed by atoms with Crippen LogP contribution in [0, 0.1) is 6.92 Å². The highest BCUT2D eigenvalue weighted by atomic mass is 35.5. The third-order valence-electron chi connectivity index (χ3n) is 4.60. The molecule has 130 valence electrons. The van der Waals surface area contributed by atoms with Gasteiger partial charge in [-0.1, -0.05) is 30.7 Å². The Morgan fingerprint density at radius 3 is 2.52 bits per heavy atom. The summed E-state index contributed by atoms with van der Waals surface area (Å²) in [6, 6.07) is 11.1. The summed E-state index contributed by atoms with van der Waals surface area (Å²) in [5.41, 5.74) is 4.69. The van der Waals surface area contributed by atoms with Crippen LogP contribution in [0.2, 0.25) is 5.02 Å². The number of hydrogen-bond acceptors (Lipinski definition) is 2. The highest BCUT2D eigenvalue weighted by molar-refractivity contribution is 6.30. The van der Waals surface area contributed by atoms with Crippen LogP contribution < -0.4 is 0 Å². The fourth-order valence-electron chi connectivity index (χ4n) is 3.38. The molecule has 3 aromatic rings. The van der Waals surface area contributed by atoms with Crippen molar-refractivity contribution in [3.8, 4) is 5.75 Å². The minimum absolute atomic E-state index is 0.0617. The standard InChI is InChI=1S/C20H20ClNO3/c1-11(9-18(24)25)20-12(2)19-15(17(23)8-7-16(19)22-20)10-13-3-5-14(21)6-4-13/h3-8,11,22-23H,9-10H2,1-2H3,(H,24,25). The third-order valence-corrected chi connectivity index (χ3v) is 4.86. The normalized spacial score (nSPS) is 12.4. The highest BCUT2D eigenvalue weighted by Gasteiger charge is 2.20. The van der Waals surface area contributed by atoms with Gasteiger partial charge in [-0.25, -0.2) is 0 Å². The Morgan fingerprint density at radius 2 is 1.88 bits per heavy atom. The second-order valence-electron chi connectivity index (χ2n) is 6.45. The van der Waals surface area contributed by atoms with Gasteiger partial charge in [0.1, 0.15) is 5.75 Å². The number of carboxylic acid groups (broad SMARTS) is 1. The van der Waals surface area contributed by atoms with Crippen LogP contribution >= 0.6 is 11.6 Å². The lowest BCUT2D eigenvalue weighted by Crippen LogP contribution is -2.04. The number of H-pyrrole nitrogens is 1. The Labute approximate surface area is 151 Å². The fraction of sp³-hybridized carbons (Fsp3) is 0.250. The number of benzene rings is 2. The minimum Gasteiger partial charge on any atom is -0.508 e. The number of phenolic OH excluding ortho intramolecular Hbond substituents is 1. The van der Waals surface area contributed by atoms with E-state index in [9.17, 15) is 9.90 Å². The molecule has 5 heteroatoms. The van der Waals surface area contributed by atoms with E-state index in [1.807, 2.05) is 44.2 Å². The van der Waals surface area contributed by atoms with Gasteiger partial charge in [-0.3, -0.25) is 4.79 Å². The number of carbonyl (C=O) groups is 1. The van der Waals surface area contributed by atoms with Crippen molar-refractivity contribution in [2.45, 2.75) is 32.6 Å². The Hall–Kier alpha value is -2.46. The molecule has 0 spiro atoms. The summed E-state index contributed by atoms with van der Waals surface area (Å²) in [6.07, 6.45) is 0.637. The van der Waals surface area contributed by atoms with E-state index in [0.29, 0.717) is 11.4 Å². The topological polar surface area (TPSA) is 73.3 Å². The average Bonchev–Trinajstić information content (AvgIpc) is 2.89. The summed E-state index contributed by atoms with van der Waals surface area (Å²) in [5, 5.41) is 21.1. The molecule has 0 fully saturated rings. The van der Waals surface area contributed by atoms with Crippen LogP contribution in [0.1, 0.15) is 41.6 Å². The number of phenols is 1. The molecule has 0 amide bonds. The molecule has 0 saturated heterocycles. The highest BCUT2D eigenvalue weighted by Crippen LogP contribution is 2.36. The molecule has 1 heterocycles. The SMILES string of the molecule is Cc1c(C(C)CC(=O)O)[nH]c2ccc(O)c(Cc3ccc(Cl)cc3)c12. The summed E-state index contributed by atoms with van der Waals surface area (Å²) in [7, 11) is 0. The van der Waals surface area contributed by atoms with Gasteiger partial charge in [-0.05, 0) is 42.3 Å². The number of aryl methyl sites for hydroxylation is 1. The number of hydrogen-bond donors (Lipinski definition) is 3. The van der Waals surface area contributed by atoms with E-state index in [2.05, 4.69) is 4.98 Å². The van der Waals surface area contributed by atoms with Crippen molar-refractivity contribution in [2.75, 3.05) is 0 Å². The largest absolute Gasteiger partial charge is 0.508 e. The molecule has 4 nitrogen and oxygen atoms in total. The number of nitrogens with one attached hydrogen (secondary N) is 1. The maximum Gasteiger partial charge on any atom is 0.304 e. The van der Waals surface area contributed by atoms with Crippen LogP contribution in [-0.4, -0.2) is 21.2 Å². The molecular formula is C20H20ClNO3. The summed E-state index contributed by atoms with van der Waals surface area (Å²) >= 11 is 5.94. The lowest BCUT2D eigenvalue weighted by molar-refractivity contribution is -0.137. The van der Waals surface area contributed by atoms with E-state index in [4.69, 9.17) is 16.7 Å². The minimum atomic E-state index is -0.824. The predicted octanol–water partition coefficient (Wildman–Crippen LogP) is 5.00. The second kappa shape index (κ2) is 6.81. The molecule has 25 heavy (non-hydrogen) atoms. The monoisotopic (exact) mass is 357 g/mol. The molecule has 0 aliphatic heterocycles. The van der Waals surface area contributed by atoms with Crippen molar-refractivity contribution >= 4 is 28.5 Å². The van der Waals surface area contributed by atoms with Crippen LogP contribution in [-0.2, 0) is 11.2 Å². The summed E-state index contributed by atoms with van der Waals surface area (Å²) in [4.78, 5) is 14.4. The number of fused-ring (bicyclic) bond motifs is 1. The Morgan fingerprint density at radius 1 is 1.20 bits per heavy atom. The Kier molecular flexibility index (Phi) is 4.73. The first-order valence-electron chi connectivity index (χ1n) is 8.16. The first-order chi connectivity index (χ1) is 11.9. The summed E-state index contributed by atoms with van der Waals surface area (Å²) in [5.74, 6) is -0.716. The van der Waals surface area contributed by atoms with Crippen molar-refractivity contribution in [3.63, 3.8) is 0 Å². The predicted molar refractivity (Wildman–Crippen MR) is 99.6 cm³/mol. The number of aromatic amines is 1. The molecule has 1 atom stereocenters. The fourth-order valence-corrected chi connectivity index (χ4v) is 3.51. The molecular weight excluding hydrogens is 338 g/mol. The molecule has 0 saturated carbocycles. The summed E-state index contributed by atoms with van der Waals surface area (Å²) in [6.45, 7) is 3.86. The zero-order chi connectivity index (χ0) is 18.1. The maximum absolute atomic E-state index is 11.0. The van der Waals surface area contributed by atoms with E-state index in [0.717, 1.165) is 33.3 Å². The molecule has 1 unspecified atom stereocenters. The van der Waals surface area contributed by atoms with Gasteiger partial charge in [0.25, 0.3) is 0 Å². The molecule has 2 aromatic carbocycles. The van der Waals surface area contributed by atoms with E-state index in [1.165, 1.54) is 0 Å². The van der Waals surface area contributed by atoms with Gasteiger partial charge in [0.05, 0.1) is 6.42 Å². The van der Waals surface area contributed by atoms with E-state index >= 15 is 0 Å². The van der Waals surface area contributed by atoms with Crippen LogP contribution in [0.15, 0.2) is 36.4 Å². The van der Waals surface area contributed by atoms with E-state index < -0.39 is 5.97 Å². The molecule has 1 aromatic heterocycles. The van der Waals surface area contributed by atoms with E-state index in [-0.39, 0.29) is 18.1 Å². The number of halogens is 1. The molecule has 3 rings (SSSR count). The van der Waals surface area contributed by atoms with Crippen LogP contribution in [0.4, 0.5) is 0 Å². The van der Waals surface area contributed by atoms with Crippen LogP contribution in [0.25, 0.3) is 10.9 Å². The van der Waals surface area contributed by atoms with Crippen molar-refractivity contribution in [1.82, 2.24) is 4.98 Å². The zero-order valence-corrected chi connectivity index (χ0v) is 14.9. The number of carboxylic acids is 1. The summed E-state index contributed by atoms with van der Waals surface area (Å²) < 4.78 is 0. The van der Waals surface area contributed by atoms with Crippen molar-refractivity contribution in [3.05, 3.63) is 63.8 Å². The number of aliphatic carboxylic acids is 1. The van der Waals surface area contributed by atoms with Gasteiger partial charge in [0.15, 0.2) is 0 Å². The Bertz CT molecular complexity index is 928. The number of aromatic hydroxyl groups is 1.